The first-order valence-corrected chi connectivity index (χ1v) is 48.6. The lowest BCUT2D eigenvalue weighted by Gasteiger charge is -2.35. The molecule has 8 aromatic rings. The fourth-order valence-electron chi connectivity index (χ4n) is 15.0. The van der Waals surface area contributed by atoms with Crippen LogP contribution in [0.5, 0.6) is 0 Å². The zero-order valence-electron chi connectivity index (χ0n) is 63.8. The quantitative estimate of drug-likeness (QED) is 0.0402. The van der Waals surface area contributed by atoms with E-state index in [4.69, 9.17) is 14.2 Å². The molecule has 0 saturated heterocycles. The van der Waals surface area contributed by atoms with Crippen LogP contribution >= 0.6 is 122 Å². The molecule has 0 atom stereocenters. The molecule has 107 heavy (non-hydrogen) atoms. The summed E-state index contributed by atoms with van der Waals surface area (Å²) in [6.45, 7) is 20.0. The standard InChI is InChI=1S/C30H32N2O2S2.C25H30BrNO2S.C19H26INO2S.C8H11NSSi.C3H2BrNS/c1-20-4-9-22(10-5-20)27-17-32(2)15-14-25(27)26-16-28(36-29(26)30(33)34-3)23-11-6-21(7-12-23)8-13-24-18-35-19-31-24;1-16-4-6-17(7-5-16)22-15-27(2)13-12-20(22)21-14-23(30-24(21)25(28)29-3)18-8-10-19(26)11-9-18;1-12-4-6-13(7-5-12)16-11-21(2)9-8-14(16)15-10-17(20)24-18(15)19(22)23-3;1-11(2,3)5-4-8-6-10-7-9-8;4-3-1-6-2-5-3/h6-7,11-12,16,18-20,22H,4-5,9-10,14-15,17H2,1-3H3;8-11,14,16-17H,4-7,12-13,15H2,1-3H3;10,12-13H,4-9,11H2,1-3H3;6-7H,1-3H3;1-2H. The molecule has 9 heterocycles. The van der Waals surface area contributed by atoms with Crippen molar-refractivity contribution in [2.45, 2.75) is 137 Å². The molecule has 0 unspecified atom stereocenters. The number of likely N-dealkylation sites (N-methyl/N-ethyl adjacent to an activating group) is 3. The number of methoxy groups -OCH3 is 3. The zero-order valence-corrected chi connectivity index (χ0v) is 75.1. The molecule has 3 saturated carbocycles. The van der Waals surface area contributed by atoms with Crippen molar-refractivity contribution in [2.24, 2.45) is 35.5 Å². The maximum atomic E-state index is 12.9. The van der Waals surface area contributed by atoms with Gasteiger partial charge in [0.25, 0.3) is 0 Å². The van der Waals surface area contributed by atoms with Gasteiger partial charge in [0.2, 0.25) is 0 Å². The second kappa shape index (κ2) is 41.0. The summed E-state index contributed by atoms with van der Waals surface area (Å²) in [6, 6.07) is 23.2. The first kappa shape index (κ1) is 84.4. The maximum Gasteiger partial charge on any atom is 0.348 e. The molecule has 3 fully saturated rings. The van der Waals surface area contributed by atoms with Crippen molar-refractivity contribution in [2.75, 3.05) is 81.7 Å². The number of carbonyl (C=O) groups is 3. The molecular formula is C85H101Br2IN6O6S6Si. The Morgan fingerprint density at radius 3 is 1.20 bits per heavy atom. The van der Waals surface area contributed by atoms with E-state index >= 15 is 0 Å². The van der Waals surface area contributed by atoms with Crippen molar-refractivity contribution in [1.82, 2.24) is 29.7 Å². The number of carbonyl (C=O) groups excluding carboxylic acids is 3. The highest BCUT2D eigenvalue weighted by Gasteiger charge is 2.35. The first-order chi connectivity index (χ1) is 51.4. The first-order valence-electron chi connectivity index (χ1n) is 37.2. The van der Waals surface area contributed by atoms with Gasteiger partial charge in [0.1, 0.15) is 38.7 Å². The Balaban J connectivity index is 0.000000156. The fraction of sp³-hybridized carbons (Fsp3) is 0.459. The Morgan fingerprint density at radius 2 is 0.850 bits per heavy atom. The molecule has 12 nitrogen and oxygen atoms in total. The smallest absolute Gasteiger partial charge is 0.348 e. The van der Waals surface area contributed by atoms with Gasteiger partial charge in [0.05, 0.1) is 40.7 Å². The minimum atomic E-state index is -1.21. The van der Waals surface area contributed by atoms with E-state index < -0.39 is 8.07 Å². The second-order valence-electron chi connectivity index (χ2n) is 30.2. The van der Waals surface area contributed by atoms with Gasteiger partial charge in [-0.05, 0) is 246 Å². The van der Waals surface area contributed by atoms with Gasteiger partial charge in [-0.15, -0.1) is 73.6 Å². The van der Waals surface area contributed by atoms with Crippen LogP contribution in [-0.2, 0) is 14.2 Å². The Hall–Kier alpha value is -5.03. The Labute approximate surface area is 691 Å². The van der Waals surface area contributed by atoms with Crippen molar-refractivity contribution >= 4 is 165 Å². The minimum absolute atomic E-state index is 0.194. The molecule has 568 valence electrons. The van der Waals surface area contributed by atoms with E-state index in [1.165, 1.54) is 132 Å². The van der Waals surface area contributed by atoms with Crippen molar-refractivity contribution < 1.29 is 28.6 Å². The molecule has 3 aliphatic heterocycles. The number of halogens is 3. The number of ether oxygens (including phenoxy) is 3. The third kappa shape index (κ3) is 24.2. The van der Waals surface area contributed by atoms with Crippen LogP contribution in [0.25, 0.3) is 37.6 Å². The lowest BCUT2D eigenvalue weighted by molar-refractivity contribution is 0.0597. The minimum Gasteiger partial charge on any atom is -0.465 e. The molecular weight excluding hydrogens is 1710 g/mol. The fourth-order valence-corrected chi connectivity index (χ4v) is 21.7. The van der Waals surface area contributed by atoms with Crippen molar-refractivity contribution in [3.8, 4) is 44.2 Å². The topological polar surface area (TPSA) is 127 Å². The summed E-state index contributed by atoms with van der Waals surface area (Å²) in [5, 5.41) is 5.86. The summed E-state index contributed by atoms with van der Waals surface area (Å²) in [5.74, 6) is 13.2. The number of hydrogen-bond donors (Lipinski definition) is 0. The number of thiazole rings is 3. The normalized spacial score (nSPS) is 20.7. The predicted octanol–water partition coefficient (Wildman–Crippen LogP) is 23.2. The van der Waals surface area contributed by atoms with Crippen LogP contribution in [0.2, 0.25) is 19.6 Å². The predicted molar refractivity (Wildman–Crippen MR) is 469 cm³/mol. The number of benzene rings is 2. The summed E-state index contributed by atoms with van der Waals surface area (Å²) >= 11 is 18.4. The highest BCUT2D eigenvalue weighted by Crippen LogP contribution is 2.47. The molecule has 2 aromatic carbocycles. The van der Waals surface area contributed by atoms with Crippen molar-refractivity contribution in [3.05, 3.63) is 176 Å². The largest absolute Gasteiger partial charge is 0.465 e. The highest BCUT2D eigenvalue weighted by atomic mass is 127. The summed E-state index contributed by atoms with van der Waals surface area (Å²) < 4.78 is 18.6. The molecule has 0 bridgehead atoms. The molecule has 0 radical (unpaired) electrons. The number of hydrogen-bond acceptors (Lipinski definition) is 18. The van der Waals surface area contributed by atoms with Gasteiger partial charge in [0.15, 0.2) is 0 Å². The highest BCUT2D eigenvalue weighted by molar-refractivity contribution is 14.1. The van der Waals surface area contributed by atoms with Crippen LogP contribution in [-0.4, -0.2) is 137 Å². The number of aromatic nitrogens is 3. The average Bonchev–Trinajstić information content (AvgIpc) is 1.69. The van der Waals surface area contributed by atoms with Gasteiger partial charge in [-0.3, -0.25) is 0 Å². The van der Waals surface area contributed by atoms with E-state index in [1.807, 2.05) is 33.8 Å². The maximum absolute atomic E-state index is 12.9. The third-order valence-corrected chi connectivity index (χ3v) is 29.1. The monoisotopic (exact) mass is 1810 g/mol. The molecule has 0 spiro atoms. The average molecular weight is 1810 g/mol. The SMILES string of the molecule is Brc1cscn1.COC(=O)c1sc(-c2ccc(Br)cc2)cc1C1=C(C2CCC(C)CC2)CN(C)CC1.COC(=O)c1sc(-c2ccc(C#Cc3cscn3)cc2)cc1C1=C(C2CCC(C)CC2)CN(C)CC1.COC(=O)c1sc(I)cc1C1=C(C2CCC(C)CC2)CN(C)CC1.C[Si](C)(C)C#Cc1cscn1. The van der Waals surface area contributed by atoms with E-state index in [2.05, 4.69) is 224 Å². The molecule has 3 aliphatic carbocycles. The van der Waals surface area contributed by atoms with E-state index in [9.17, 15) is 14.4 Å². The van der Waals surface area contributed by atoms with Gasteiger partial charge in [-0.25, -0.2) is 29.3 Å². The van der Waals surface area contributed by atoms with Crippen LogP contribution in [0, 0.1) is 61.7 Å². The molecule has 6 aromatic heterocycles. The lowest BCUT2D eigenvalue weighted by atomic mass is 9.75. The van der Waals surface area contributed by atoms with Crippen LogP contribution < -0.4 is 0 Å². The molecule has 14 rings (SSSR count). The number of esters is 3. The summed E-state index contributed by atoms with van der Waals surface area (Å²) in [6.07, 6.45) is 18.5. The third-order valence-electron chi connectivity index (χ3n) is 21.0. The van der Waals surface area contributed by atoms with Gasteiger partial charge in [0, 0.05) is 91.9 Å². The Morgan fingerprint density at radius 1 is 0.486 bits per heavy atom. The van der Waals surface area contributed by atoms with Gasteiger partial charge < -0.3 is 28.9 Å². The van der Waals surface area contributed by atoms with Gasteiger partial charge >= 0.3 is 17.9 Å². The van der Waals surface area contributed by atoms with E-state index in [-0.39, 0.29) is 17.9 Å². The lowest BCUT2D eigenvalue weighted by Crippen LogP contribution is -2.31. The summed E-state index contributed by atoms with van der Waals surface area (Å²) in [4.78, 5) is 61.7. The zero-order chi connectivity index (χ0) is 76.3. The Bertz CT molecular complexity index is 4470. The summed E-state index contributed by atoms with van der Waals surface area (Å²) in [5.41, 5.74) is 25.7. The van der Waals surface area contributed by atoms with Crippen LogP contribution in [0.1, 0.15) is 180 Å². The molecule has 0 amide bonds. The molecule has 0 N–H and O–H groups in total. The number of nitrogens with zero attached hydrogens (tertiary/aromatic N) is 6. The van der Waals surface area contributed by atoms with Crippen molar-refractivity contribution in [1.29, 1.82) is 0 Å². The van der Waals surface area contributed by atoms with Crippen LogP contribution in [0.15, 0.2) is 125 Å². The molecule has 22 heteroatoms. The van der Waals surface area contributed by atoms with Crippen molar-refractivity contribution in [3.63, 3.8) is 0 Å². The summed E-state index contributed by atoms with van der Waals surface area (Å²) in [7, 11) is 9.86. The van der Waals surface area contributed by atoms with Crippen LogP contribution in [0.3, 0.4) is 0 Å². The van der Waals surface area contributed by atoms with Crippen LogP contribution in [0.4, 0.5) is 0 Å². The molecule has 6 aliphatic rings. The Kier molecular flexibility index (Phi) is 32.3. The second-order valence-corrected chi connectivity index (χ2v) is 43.9. The van der Waals surface area contributed by atoms with E-state index in [0.29, 0.717) is 17.8 Å². The van der Waals surface area contributed by atoms with Gasteiger partial charge in [-0.1, -0.05) is 131 Å². The number of rotatable bonds is 11. The number of thiophene rings is 3. The van der Waals surface area contributed by atoms with E-state index in [1.54, 1.807) is 78.9 Å². The van der Waals surface area contributed by atoms with Gasteiger partial charge in [-0.2, -0.15) is 0 Å². The van der Waals surface area contributed by atoms with E-state index in [0.717, 1.165) is 157 Å².